The first kappa shape index (κ1) is 16.6. The van der Waals surface area contributed by atoms with Gasteiger partial charge in [0.1, 0.15) is 5.75 Å². The van der Waals surface area contributed by atoms with Crippen molar-refractivity contribution in [1.82, 2.24) is 0 Å². The van der Waals surface area contributed by atoms with Crippen molar-refractivity contribution >= 4 is 22.2 Å². The van der Waals surface area contributed by atoms with E-state index in [-0.39, 0.29) is 11.2 Å². The summed E-state index contributed by atoms with van der Waals surface area (Å²) in [7, 11) is 0. The molecule has 4 aliphatic carbocycles. The standard InChI is InChI=1S/C23H23BrO2/c24-20-3-1-17(2-4-20)18-8-19(13-25)22(26)21(9-18)23-10-14-5-15(11-23)7-16(6-14)12-23/h1-4,8-9,13-16,26H,5-7,10-12H2. The highest BCUT2D eigenvalue weighted by Gasteiger charge is 2.52. The topological polar surface area (TPSA) is 37.3 Å². The van der Waals surface area contributed by atoms with E-state index in [4.69, 9.17) is 0 Å². The molecule has 0 aromatic heterocycles. The van der Waals surface area contributed by atoms with Gasteiger partial charge in [-0.25, -0.2) is 0 Å². The second kappa shape index (κ2) is 5.95. The highest BCUT2D eigenvalue weighted by atomic mass is 79.9. The van der Waals surface area contributed by atoms with Gasteiger partial charge in [0.2, 0.25) is 0 Å². The van der Waals surface area contributed by atoms with Gasteiger partial charge in [0, 0.05) is 10.0 Å². The summed E-state index contributed by atoms with van der Waals surface area (Å²) >= 11 is 3.48. The normalized spacial score (nSPS) is 32.0. The van der Waals surface area contributed by atoms with Gasteiger partial charge in [-0.15, -0.1) is 0 Å². The number of benzene rings is 2. The molecule has 6 rings (SSSR count). The Bertz CT molecular complexity index is 833. The van der Waals surface area contributed by atoms with E-state index in [1.165, 1.54) is 38.5 Å². The molecule has 0 radical (unpaired) electrons. The van der Waals surface area contributed by atoms with Crippen molar-refractivity contribution in [2.75, 3.05) is 0 Å². The number of halogens is 1. The van der Waals surface area contributed by atoms with Gasteiger partial charge in [-0.3, -0.25) is 4.79 Å². The predicted molar refractivity (Wildman–Crippen MR) is 106 cm³/mol. The first-order valence-corrected chi connectivity index (χ1v) is 10.4. The van der Waals surface area contributed by atoms with Gasteiger partial charge in [0.05, 0.1) is 5.56 Å². The lowest BCUT2D eigenvalue weighted by atomic mass is 9.48. The van der Waals surface area contributed by atoms with Gasteiger partial charge in [0.25, 0.3) is 0 Å². The molecule has 134 valence electrons. The third-order valence-electron chi connectivity index (χ3n) is 7.05. The summed E-state index contributed by atoms with van der Waals surface area (Å²) in [6, 6.07) is 12.2. The van der Waals surface area contributed by atoms with E-state index in [9.17, 15) is 9.90 Å². The van der Waals surface area contributed by atoms with E-state index in [1.807, 2.05) is 18.2 Å². The number of phenols is 1. The Morgan fingerprint density at radius 1 is 0.923 bits per heavy atom. The molecule has 4 bridgehead atoms. The lowest BCUT2D eigenvalue weighted by Crippen LogP contribution is -2.48. The zero-order chi connectivity index (χ0) is 17.9. The lowest BCUT2D eigenvalue weighted by molar-refractivity contribution is -0.00613. The van der Waals surface area contributed by atoms with Gasteiger partial charge >= 0.3 is 0 Å². The maximum Gasteiger partial charge on any atom is 0.153 e. The van der Waals surface area contributed by atoms with Crippen molar-refractivity contribution in [1.29, 1.82) is 0 Å². The minimum Gasteiger partial charge on any atom is -0.507 e. The Kier molecular flexibility index (Phi) is 3.79. The van der Waals surface area contributed by atoms with Crippen LogP contribution in [0.2, 0.25) is 0 Å². The van der Waals surface area contributed by atoms with Crippen LogP contribution in [0.15, 0.2) is 40.9 Å². The van der Waals surface area contributed by atoms with Crippen molar-refractivity contribution in [2.45, 2.75) is 43.9 Å². The molecule has 0 saturated heterocycles. The SMILES string of the molecule is O=Cc1cc(-c2ccc(Br)cc2)cc(C23CC4CC(CC(C4)C2)C3)c1O. The summed E-state index contributed by atoms with van der Waals surface area (Å²) in [5.41, 5.74) is 3.64. The molecule has 4 aliphatic rings. The van der Waals surface area contributed by atoms with E-state index >= 15 is 0 Å². The fourth-order valence-electron chi connectivity index (χ4n) is 6.40. The lowest BCUT2D eigenvalue weighted by Gasteiger charge is -2.57. The molecule has 2 aromatic carbocycles. The molecule has 0 heterocycles. The molecular weight excluding hydrogens is 388 g/mol. The molecule has 2 aromatic rings. The van der Waals surface area contributed by atoms with Crippen LogP contribution >= 0.6 is 15.9 Å². The average Bonchev–Trinajstić information content (AvgIpc) is 2.61. The van der Waals surface area contributed by atoms with Gasteiger partial charge in [-0.2, -0.15) is 0 Å². The number of aldehydes is 1. The van der Waals surface area contributed by atoms with E-state index < -0.39 is 0 Å². The van der Waals surface area contributed by atoms with Crippen molar-refractivity contribution in [3.8, 4) is 16.9 Å². The van der Waals surface area contributed by atoms with Gasteiger partial charge in [-0.05, 0) is 97.1 Å². The molecule has 0 atom stereocenters. The molecule has 26 heavy (non-hydrogen) atoms. The van der Waals surface area contributed by atoms with Crippen LogP contribution in [0.5, 0.6) is 5.75 Å². The zero-order valence-electron chi connectivity index (χ0n) is 14.7. The Labute approximate surface area is 162 Å². The molecule has 4 saturated carbocycles. The molecule has 0 spiro atoms. The van der Waals surface area contributed by atoms with Crippen LogP contribution < -0.4 is 0 Å². The maximum atomic E-state index is 11.7. The summed E-state index contributed by atoms with van der Waals surface area (Å²) in [6.07, 6.45) is 8.44. The second-order valence-electron chi connectivity index (χ2n) is 8.78. The molecule has 0 amide bonds. The maximum absolute atomic E-state index is 11.7. The van der Waals surface area contributed by atoms with Crippen molar-refractivity contribution in [2.24, 2.45) is 17.8 Å². The Balaban J connectivity index is 1.65. The van der Waals surface area contributed by atoms with Crippen molar-refractivity contribution < 1.29 is 9.90 Å². The summed E-state index contributed by atoms with van der Waals surface area (Å²) in [5, 5.41) is 10.9. The van der Waals surface area contributed by atoms with Crippen LogP contribution in [0, 0.1) is 17.8 Å². The zero-order valence-corrected chi connectivity index (χ0v) is 16.3. The van der Waals surface area contributed by atoms with Crippen LogP contribution in [0.4, 0.5) is 0 Å². The molecule has 2 nitrogen and oxygen atoms in total. The van der Waals surface area contributed by atoms with E-state index in [0.717, 1.165) is 45.2 Å². The van der Waals surface area contributed by atoms with E-state index in [0.29, 0.717) is 5.56 Å². The third-order valence-corrected chi connectivity index (χ3v) is 7.58. The Hall–Kier alpha value is -1.61. The monoisotopic (exact) mass is 410 g/mol. The predicted octanol–water partition coefficient (Wildman–Crippen LogP) is 6.10. The molecule has 0 aliphatic heterocycles. The van der Waals surface area contributed by atoms with Gasteiger partial charge in [-0.1, -0.05) is 28.1 Å². The Morgan fingerprint density at radius 2 is 1.50 bits per heavy atom. The number of rotatable bonds is 3. The molecule has 0 unspecified atom stereocenters. The van der Waals surface area contributed by atoms with Crippen LogP contribution in [-0.4, -0.2) is 11.4 Å². The summed E-state index contributed by atoms with van der Waals surface area (Å²) < 4.78 is 1.04. The summed E-state index contributed by atoms with van der Waals surface area (Å²) in [5.74, 6) is 2.63. The average molecular weight is 411 g/mol. The summed E-state index contributed by atoms with van der Waals surface area (Å²) in [6.45, 7) is 0. The minimum absolute atomic E-state index is 0.0714. The minimum atomic E-state index is 0.0714. The molecule has 1 N–H and O–H groups in total. The smallest absolute Gasteiger partial charge is 0.153 e. The van der Waals surface area contributed by atoms with E-state index in [1.54, 1.807) is 0 Å². The number of carbonyl (C=O) groups is 1. The number of phenolic OH excluding ortho intramolecular Hbond substituents is 1. The van der Waals surface area contributed by atoms with E-state index in [2.05, 4.69) is 34.1 Å². The fourth-order valence-corrected chi connectivity index (χ4v) is 6.66. The molecule has 3 heteroatoms. The number of carbonyl (C=O) groups excluding carboxylic acids is 1. The van der Waals surface area contributed by atoms with Crippen molar-refractivity contribution in [3.05, 3.63) is 52.0 Å². The number of hydrogen-bond acceptors (Lipinski definition) is 2. The van der Waals surface area contributed by atoms with Crippen LogP contribution in [-0.2, 0) is 5.41 Å². The summed E-state index contributed by atoms with van der Waals surface area (Å²) in [4.78, 5) is 11.7. The quantitative estimate of drug-likeness (QED) is 0.620. The largest absolute Gasteiger partial charge is 0.507 e. The first-order chi connectivity index (χ1) is 12.6. The fraction of sp³-hybridized carbons (Fsp3) is 0.435. The van der Waals surface area contributed by atoms with Gasteiger partial charge < -0.3 is 5.11 Å². The first-order valence-electron chi connectivity index (χ1n) is 9.65. The van der Waals surface area contributed by atoms with Crippen LogP contribution in [0.25, 0.3) is 11.1 Å². The van der Waals surface area contributed by atoms with Crippen LogP contribution in [0.3, 0.4) is 0 Å². The highest BCUT2D eigenvalue weighted by Crippen LogP contribution is 2.62. The number of aromatic hydroxyl groups is 1. The highest BCUT2D eigenvalue weighted by molar-refractivity contribution is 9.10. The third kappa shape index (κ3) is 2.55. The van der Waals surface area contributed by atoms with Crippen LogP contribution in [0.1, 0.15) is 54.4 Å². The number of hydrogen-bond donors (Lipinski definition) is 1. The Morgan fingerprint density at radius 3 is 2.04 bits per heavy atom. The second-order valence-corrected chi connectivity index (χ2v) is 9.70. The molecule has 4 fully saturated rings. The van der Waals surface area contributed by atoms with Crippen molar-refractivity contribution in [3.63, 3.8) is 0 Å². The molecular formula is C23H23BrO2. The van der Waals surface area contributed by atoms with Gasteiger partial charge in [0.15, 0.2) is 6.29 Å².